The van der Waals surface area contributed by atoms with Crippen LogP contribution in [0.25, 0.3) is 0 Å². The van der Waals surface area contributed by atoms with Crippen LogP contribution >= 0.6 is 23.2 Å². The summed E-state index contributed by atoms with van der Waals surface area (Å²) in [7, 11) is -3.91. The van der Waals surface area contributed by atoms with Crippen LogP contribution in [0.1, 0.15) is 53.7 Å². The first-order valence-corrected chi connectivity index (χ1v) is 12.4. The van der Waals surface area contributed by atoms with Gasteiger partial charge >= 0.3 is 5.97 Å². The summed E-state index contributed by atoms with van der Waals surface area (Å²) in [5.41, 5.74) is 1.66. The van der Waals surface area contributed by atoms with Gasteiger partial charge < -0.3 is 10.1 Å². The number of aryl methyl sites for hydroxylation is 1. The van der Waals surface area contributed by atoms with Crippen LogP contribution in [0.5, 0.6) is 0 Å². The number of esters is 1. The highest BCUT2D eigenvalue weighted by atomic mass is 35.5. The molecule has 0 aromatic heterocycles. The van der Waals surface area contributed by atoms with Gasteiger partial charge in [-0.2, -0.15) is 0 Å². The zero-order valence-corrected chi connectivity index (χ0v) is 20.0. The lowest BCUT2D eigenvalue weighted by atomic mass is 10.0. The second-order valence-corrected chi connectivity index (χ2v) is 10.1. The zero-order chi connectivity index (χ0) is 23.5. The van der Waals surface area contributed by atoms with E-state index < -0.39 is 27.9 Å². The Morgan fingerprint density at radius 2 is 1.78 bits per heavy atom. The van der Waals surface area contributed by atoms with Gasteiger partial charge in [-0.05, 0) is 44.4 Å². The van der Waals surface area contributed by atoms with Crippen LogP contribution < -0.4 is 10.0 Å². The van der Waals surface area contributed by atoms with Crippen molar-refractivity contribution < 1.29 is 22.7 Å². The van der Waals surface area contributed by atoms with Gasteiger partial charge in [-0.1, -0.05) is 53.0 Å². The van der Waals surface area contributed by atoms with Crippen LogP contribution in [0.3, 0.4) is 0 Å². The summed E-state index contributed by atoms with van der Waals surface area (Å²) in [6.45, 7) is 3.84. The summed E-state index contributed by atoms with van der Waals surface area (Å²) in [5, 5.41) is 2.68. The smallest absolute Gasteiger partial charge is 0.308 e. The number of carbonyl (C=O) groups excluding carboxylic acids is 2. The molecule has 0 radical (unpaired) electrons. The maximum Gasteiger partial charge on any atom is 0.308 e. The fraction of sp³-hybridized carbons (Fsp3) is 0.364. The van der Waals surface area contributed by atoms with Crippen molar-refractivity contribution in [1.82, 2.24) is 10.0 Å². The number of benzene rings is 2. The Morgan fingerprint density at radius 1 is 1.12 bits per heavy atom. The molecule has 1 fully saturated rings. The topological polar surface area (TPSA) is 102 Å². The van der Waals surface area contributed by atoms with Crippen LogP contribution in [0.2, 0.25) is 10.0 Å². The van der Waals surface area contributed by atoms with Crippen molar-refractivity contribution in [3.8, 4) is 0 Å². The molecule has 1 amide bonds. The first kappa shape index (κ1) is 24.5. The first-order chi connectivity index (χ1) is 15.1. The second kappa shape index (κ2) is 10.2. The standard InChI is InChI=1S/C22H24Cl2N2O5S/c1-3-31-21(27)12-19(14-6-4-13(2)5-7-14)25-22(28)16-10-20(18(24)11-17(16)23)32(29,30)26-15-8-9-15/h4-7,10-11,15,19,26H,3,8-9,12H2,1-2H3,(H,25,28). The number of halogens is 2. The highest BCUT2D eigenvalue weighted by Gasteiger charge is 2.31. The molecule has 0 spiro atoms. The van der Waals surface area contributed by atoms with Gasteiger partial charge in [0.2, 0.25) is 10.0 Å². The summed E-state index contributed by atoms with van der Waals surface area (Å²) < 4.78 is 32.9. The van der Waals surface area contributed by atoms with E-state index in [9.17, 15) is 18.0 Å². The number of sulfonamides is 1. The van der Waals surface area contributed by atoms with Gasteiger partial charge in [-0.25, -0.2) is 13.1 Å². The minimum Gasteiger partial charge on any atom is -0.466 e. The van der Waals surface area contributed by atoms with E-state index in [-0.39, 0.29) is 39.6 Å². The summed E-state index contributed by atoms with van der Waals surface area (Å²) in [6, 6.07) is 8.90. The van der Waals surface area contributed by atoms with E-state index in [0.717, 1.165) is 24.5 Å². The van der Waals surface area contributed by atoms with Crippen molar-refractivity contribution in [3.63, 3.8) is 0 Å². The Bertz CT molecular complexity index is 1120. The Labute approximate surface area is 197 Å². The van der Waals surface area contributed by atoms with Crippen molar-refractivity contribution in [1.29, 1.82) is 0 Å². The lowest BCUT2D eigenvalue weighted by molar-refractivity contribution is -0.143. The molecule has 1 aliphatic carbocycles. The minimum atomic E-state index is -3.91. The molecule has 1 atom stereocenters. The fourth-order valence-corrected chi connectivity index (χ4v) is 5.23. The average molecular weight is 499 g/mol. The third-order valence-corrected chi connectivity index (χ3v) is 7.21. The predicted molar refractivity (Wildman–Crippen MR) is 122 cm³/mol. The number of carbonyl (C=O) groups is 2. The van der Waals surface area contributed by atoms with Crippen molar-refractivity contribution in [3.05, 3.63) is 63.1 Å². The molecule has 2 N–H and O–H groups in total. The normalized spacial score (nSPS) is 14.6. The minimum absolute atomic E-state index is 0.00309. The molecule has 0 heterocycles. The lowest BCUT2D eigenvalue weighted by Crippen LogP contribution is -2.31. The maximum atomic E-state index is 13.1. The molecule has 1 saturated carbocycles. The number of nitrogens with one attached hydrogen (secondary N) is 2. The molecule has 2 aromatic rings. The number of hydrogen-bond acceptors (Lipinski definition) is 5. The molecule has 0 aliphatic heterocycles. The third kappa shape index (κ3) is 6.22. The molecular formula is C22H24Cl2N2O5S. The zero-order valence-electron chi connectivity index (χ0n) is 17.7. The Hall–Kier alpha value is -2.13. The van der Waals surface area contributed by atoms with Crippen LogP contribution in [0.4, 0.5) is 0 Å². The lowest BCUT2D eigenvalue weighted by Gasteiger charge is -2.20. The Kier molecular flexibility index (Phi) is 7.82. The molecule has 10 heteroatoms. The number of rotatable bonds is 9. The molecular weight excluding hydrogens is 475 g/mol. The fourth-order valence-electron chi connectivity index (χ4n) is 3.07. The molecule has 0 saturated heterocycles. The Balaban J connectivity index is 1.90. The van der Waals surface area contributed by atoms with Gasteiger partial charge in [-0.3, -0.25) is 9.59 Å². The third-order valence-electron chi connectivity index (χ3n) is 4.92. The van der Waals surface area contributed by atoms with Crippen molar-refractivity contribution in [2.75, 3.05) is 6.61 Å². The number of hydrogen-bond donors (Lipinski definition) is 2. The molecule has 1 aliphatic rings. The van der Waals surface area contributed by atoms with E-state index in [4.69, 9.17) is 27.9 Å². The average Bonchev–Trinajstić information content (AvgIpc) is 3.51. The van der Waals surface area contributed by atoms with Gasteiger partial charge in [-0.15, -0.1) is 0 Å². The quantitative estimate of drug-likeness (QED) is 0.505. The number of amides is 1. The first-order valence-electron chi connectivity index (χ1n) is 10.1. The monoisotopic (exact) mass is 498 g/mol. The van der Waals surface area contributed by atoms with Gasteiger partial charge in [0.1, 0.15) is 4.90 Å². The predicted octanol–water partition coefficient (Wildman–Crippen LogP) is 4.17. The van der Waals surface area contributed by atoms with Gasteiger partial charge in [0, 0.05) is 6.04 Å². The molecule has 172 valence electrons. The van der Waals surface area contributed by atoms with E-state index >= 15 is 0 Å². The van der Waals surface area contributed by atoms with Crippen molar-refractivity contribution in [2.45, 2.75) is 50.1 Å². The highest BCUT2D eigenvalue weighted by Crippen LogP contribution is 2.31. The molecule has 2 aromatic carbocycles. The molecule has 7 nitrogen and oxygen atoms in total. The second-order valence-electron chi connectivity index (χ2n) is 7.60. The number of ether oxygens (including phenoxy) is 1. The Morgan fingerprint density at radius 3 is 2.38 bits per heavy atom. The molecule has 1 unspecified atom stereocenters. The van der Waals surface area contributed by atoms with Gasteiger partial charge in [0.05, 0.1) is 34.7 Å². The van der Waals surface area contributed by atoms with Gasteiger partial charge in [0.25, 0.3) is 5.91 Å². The van der Waals surface area contributed by atoms with E-state index in [0.29, 0.717) is 5.56 Å². The van der Waals surface area contributed by atoms with E-state index in [1.54, 1.807) is 19.1 Å². The van der Waals surface area contributed by atoms with Gasteiger partial charge in [0.15, 0.2) is 0 Å². The molecule has 3 rings (SSSR count). The summed E-state index contributed by atoms with van der Waals surface area (Å²) in [5.74, 6) is -1.11. The summed E-state index contributed by atoms with van der Waals surface area (Å²) in [4.78, 5) is 25.0. The van der Waals surface area contributed by atoms with Crippen molar-refractivity contribution >= 4 is 45.1 Å². The van der Waals surface area contributed by atoms with Crippen LogP contribution in [0.15, 0.2) is 41.3 Å². The van der Waals surface area contributed by atoms with E-state index in [1.165, 1.54) is 6.07 Å². The SMILES string of the molecule is CCOC(=O)CC(NC(=O)c1cc(S(=O)(=O)NC2CC2)c(Cl)cc1Cl)c1ccc(C)cc1. The van der Waals surface area contributed by atoms with Crippen LogP contribution in [0, 0.1) is 6.92 Å². The maximum absolute atomic E-state index is 13.1. The highest BCUT2D eigenvalue weighted by molar-refractivity contribution is 7.89. The molecule has 32 heavy (non-hydrogen) atoms. The molecule has 0 bridgehead atoms. The summed E-state index contributed by atoms with van der Waals surface area (Å²) in [6.07, 6.45) is 1.41. The van der Waals surface area contributed by atoms with E-state index in [1.807, 2.05) is 19.1 Å². The van der Waals surface area contributed by atoms with Crippen LogP contribution in [-0.2, 0) is 19.6 Å². The van der Waals surface area contributed by atoms with E-state index in [2.05, 4.69) is 10.0 Å². The summed E-state index contributed by atoms with van der Waals surface area (Å²) >= 11 is 12.3. The van der Waals surface area contributed by atoms with Crippen LogP contribution in [-0.4, -0.2) is 32.9 Å². The largest absolute Gasteiger partial charge is 0.466 e. The van der Waals surface area contributed by atoms with Crippen molar-refractivity contribution in [2.24, 2.45) is 0 Å².